The van der Waals surface area contributed by atoms with Crippen LogP contribution >= 0.6 is 0 Å². The number of fused-ring (bicyclic) bond motifs is 8. The minimum atomic E-state index is -0.0125. The average Bonchev–Trinajstić information content (AvgIpc) is 3.43. The lowest BCUT2D eigenvalue weighted by atomic mass is 9.82. The Kier molecular flexibility index (Phi) is 3.11. The lowest BCUT2D eigenvalue weighted by molar-refractivity contribution is 0.661. The zero-order chi connectivity index (χ0) is 23.9. The van der Waals surface area contributed by atoms with E-state index in [0.29, 0.717) is 0 Å². The Bertz CT molecular complexity index is 2240. The number of nitrogens with zero attached hydrogens (tertiary/aromatic N) is 2. The van der Waals surface area contributed by atoms with E-state index in [1.165, 1.54) is 82.2 Å². The van der Waals surface area contributed by atoms with Crippen LogP contribution in [-0.4, -0.2) is 8.97 Å². The summed E-state index contributed by atoms with van der Waals surface area (Å²) in [4.78, 5) is 0. The van der Waals surface area contributed by atoms with Crippen molar-refractivity contribution in [2.24, 2.45) is 7.05 Å². The second-order valence-electron chi connectivity index (χ2n) is 11.1. The molecule has 3 heterocycles. The van der Waals surface area contributed by atoms with Gasteiger partial charge < -0.3 is 8.97 Å². The molecular formula is C34H24N2. The second kappa shape index (κ2) is 5.91. The third-order valence-electron chi connectivity index (χ3n) is 9.06. The molecule has 36 heavy (non-hydrogen) atoms. The Labute approximate surface area is 208 Å². The molecule has 0 saturated carbocycles. The number of benzene rings is 5. The molecule has 2 heteroatoms. The van der Waals surface area contributed by atoms with Crippen molar-refractivity contribution < 1.29 is 0 Å². The van der Waals surface area contributed by atoms with Gasteiger partial charge in [0.2, 0.25) is 0 Å². The third-order valence-corrected chi connectivity index (χ3v) is 9.06. The monoisotopic (exact) mass is 460 g/mol. The maximum Gasteiger partial charge on any atom is 0.0619 e. The number of aromatic nitrogens is 2. The summed E-state index contributed by atoms with van der Waals surface area (Å²) in [7, 11) is 2.20. The number of rotatable bonds is 0. The molecule has 0 aliphatic heterocycles. The lowest BCUT2D eigenvalue weighted by Crippen LogP contribution is -2.14. The zero-order valence-electron chi connectivity index (χ0n) is 20.6. The van der Waals surface area contributed by atoms with Crippen LogP contribution in [0.5, 0.6) is 0 Å². The van der Waals surface area contributed by atoms with Gasteiger partial charge in [0.25, 0.3) is 0 Å². The molecule has 0 amide bonds. The summed E-state index contributed by atoms with van der Waals surface area (Å²) in [5.74, 6) is 0. The van der Waals surface area contributed by atoms with Crippen LogP contribution in [0, 0.1) is 0 Å². The average molecular weight is 461 g/mol. The van der Waals surface area contributed by atoms with Crippen molar-refractivity contribution >= 4 is 59.9 Å². The third kappa shape index (κ3) is 1.93. The van der Waals surface area contributed by atoms with Gasteiger partial charge in [0.15, 0.2) is 0 Å². The van der Waals surface area contributed by atoms with Crippen LogP contribution in [0.25, 0.3) is 71.0 Å². The van der Waals surface area contributed by atoms with Gasteiger partial charge in [-0.15, -0.1) is 0 Å². The Hall–Kier alpha value is -4.30. The van der Waals surface area contributed by atoms with Gasteiger partial charge in [-0.3, -0.25) is 0 Å². The minimum absolute atomic E-state index is 0.0125. The van der Waals surface area contributed by atoms with E-state index in [2.05, 4.69) is 121 Å². The van der Waals surface area contributed by atoms with E-state index >= 15 is 0 Å². The summed E-state index contributed by atoms with van der Waals surface area (Å²) in [6.07, 6.45) is 0. The maximum absolute atomic E-state index is 2.55. The first-order valence-electron chi connectivity index (χ1n) is 12.8. The quantitative estimate of drug-likeness (QED) is 0.214. The second-order valence-corrected chi connectivity index (χ2v) is 11.1. The highest BCUT2D eigenvalue weighted by atomic mass is 15.0. The molecule has 170 valence electrons. The van der Waals surface area contributed by atoms with Gasteiger partial charge in [0.1, 0.15) is 0 Å². The van der Waals surface area contributed by atoms with E-state index in [1.54, 1.807) is 0 Å². The van der Waals surface area contributed by atoms with Crippen LogP contribution in [-0.2, 0) is 12.5 Å². The SMILES string of the molecule is Cn1c2cccc3c4cccc5c6cc7c(cc6n(c6cccc1c6c32)c45)-c1ccccc1C7(C)C. The van der Waals surface area contributed by atoms with E-state index in [9.17, 15) is 0 Å². The van der Waals surface area contributed by atoms with Crippen molar-refractivity contribution in [3.63, 3.8) is 0 Å². The van der Waals surface area contributed by atoms with Gasteiger partial charge in [0, 0.05) is 44.9 Å². The fraction of sp³-hybridized carbons (Fsp3) is 0.118. The standard InChI is InChI=1S/C34H24N2/c1-34(2)25-13-5-4-9-19(25)23-18-30-24(17-26(23)34)22-12-6-11-21-20-10-7-14-27-31(20)32-28(35(27)3)15-8-16-29(32)36(30)33(21)22/h4-18H,1-3H3. The summed E-state index contributed by atoms with van der Waals surface area (Å²) < 4.78 is 4.90. The number of hydrogen-bond donors (Lipinski definition) is 0. The molecular weight excluding hydrogens is 436 g/mol. The van der Waals surface area contributed by atoms with Gasteiger partial charge in [0.05, 0.1) is 22.1 Å². The van der Waals surface area contributed by atoms with Gasteiger partial charge >= 0.3 is 0 Å². The minimum Gasteiger partial charge on any atom is -0.344 e. The highest BCUT2D eigenvalue weighted by Gasteiger charge is 2.36. The molecule has 0 fully saturated rings. The number of aryl methyl sites for hydroxylation is 1. The fourth-order valence-electron chi connectivity index (χ4n) is 7.41. The first-order valence-corrected chi connectivity index (χ1v) is 12.8. The van der Waals surface area contributed by atoms with Gasteiger partial charge in [-0.05, 0) is 58.0 Å². The molecule has 0 bridgehead atoms. The number of hydrogen-bond acceptors (Lipinski definition) is 0. The van der Waals surface area contributed by atoms with Gasteiger partial charge in [-0.25, -0.2) is 0 Å². The highest BCUT2D eigenvalue weighted by Crippen LogP contribution is 2.51. The van der Waals surface area contributed by atoms with Crippen molar-refractivity contribution in [2.75, 3.05) is 0 Å². The van der Waals surface area contributed by atoms with Crippen LogP contribution in [0.1, 0.15) is 25.0 Å². The van der Waals surface area contributed by atoms with Crippen molar-refractivity contribution in [3.8, 4) is 11.1 Å². The van der Waals surface area contributed by atoms with Crippen LogP contribution in [0.3, 0.4) is 0 Å². The van der Waals surface area contributed by atoms with E-state index in [0.717, 1.165) is 0 Å². The number of para-hydroxylation sites is 1. The molecule has 8 aromatic rings. The predicted octanol–water partition coefficient (Wildman–Crippen LogP) is 8.79. The molecule has 0 N–H and O–H groups in total. The van der Waals surface area contributed by atoms with Crippen LogP contribution < -0.4 is 0 Å². The Morgan fingerprint density at radius 2 is 1.19 bits per heavy atom. The van der Waals surface area contributed by atoms with Crippen molar-refractivity contribution in [1.82, 2.24) is 8.97 Å². The highest BCUT2D eigenvalue weighted by molar-refractivity contribution is 6.31. The largest absolute Gasteiger partial charge is 0.344 e. The van der Waals surface area contributed by atoms with E-state index < -0.39 is 0 Å². The van der Waals surface area contributed by atoms with E-state index in [-0.39, 0.29) is 5.41 Å². The molecule has 1 aliphatic rings. The van der Waals surface area contributed by atoms with Gasteiger partial charge in [-0.2, -0.15) is 0 Å². The molecule has 1 aliphatic carbocycles. The molecule has 5 aromatic carbocycles. The van der Waals surface area contributed by atoms with Crippen LogP contribution in [0.15, 0.2) is 91.0 Å². The van der Waals surface area contributed by atoms with Crippen molar-refractivity contribution in [1.29, 1.82) is 0 Å². The molecule has 0 unspecified atom stereocenters. The Morgan fingerprint density at radius 1 is 0.528 bits per heavy atom. The first-order chi connectivity index (χ1) is 17.6. The molecule has 9 rings (SSSR count). The molecule has 0 radical (unpaired) electrons. The summed E-state index contributed by atoms with van der Waals surface area (Å²) in [5.41, 5.74) is 12.0. The lowest BCUT2D eigenvalue weighted by Gasteiger charge is -2.21. The summed E-state index contributed by atoms with van der Waals surface area (Å²) in [6, 6.07) is 34.3. The van der Waals surface area contributed by atoms with Crippen molar-refractivity contribution in [3.05, 3.63) is 102 Å². The fourth-order valence-corrected chi connectivity index (χ4v) is 7.41. The first kappa shape index (κ1) is 19.0. The molecule has 3 aromatic heterocycles. The van der Waals surface area contributed by atoms with E-state index in [1.807, 2.05) is 0 Å². The topological polar surface area (TPSA) is 9.34 Å². The van der Waals surface area contributed by atoms with Gasteiger partial charge in [-0.1, -0.05) is 74.5 Å². The molecule has 0 spiro atoms. The molecule has 0 saturated heterocycles. The Balaban J connectivity index is 1.63. The molecule has 2 nitrogen and oxygen atoms in total. The van der Waals surface area contributed by atoms with Crippen molar-refractivity contribution in [2.45, 2.75) is 19.3 Å². The zero-order valence-corrected chi connectivity index (χ0v) is 20.6. The summed E-state index contributed by atoms with van der Waals surface area (Å²) in [6.45, 7) is 4.74. The summed E-state index contributed by atoms with van der Waals surface area (Å²) in [5, 5.41) is 8.04. The summed E-state index contributed by atoms with van der Waals surface area (Å²) >= 11 is 0. The van der Waals surface area contributed by atoms with E-state index in [4.69, 9.17) is 0 Å². The normalized spacial score (nSPS) is 14.8. The molecule has 0 atom stereocenters. The Morgan fingerprint density at radius 3 is 2.06 bits per heavy atom. The van der Waals surface area contributed by atoms with Crippen LogP contribution in [0.4, 0.5) is 0 Å². The maximum atomic E-state index is 2.55. The van der Waals surface area contributed by atoms with Crippen LogP contribution in [0.2, 0.25) is 0 Å². The predicted molar refractivity (Wildman–Crippen MR) is 153 cm³/mol. The smallest absolute Gasteiger partial charge is 0.0619 e.